The van der Waals surface area contributed by atoms with Gasteiger partial charge in [-0.05, 0) is 19.3 Å². The fraction of sp³-hybridized carbons (Fsp3) is 0.500. The number of aliphatic hydroxyl groups is 1. The Labute approximate surface area is 104 Å². The quantitative estimate of drug-likeness (QED) is 0.892. The van der Waals surface area contributed by atoms with Crippen LogP contribution in [-0.2, 0) is 0 Å². The van der Waals surface area contributed by atoms with Gasteiger partial charge in [-0.2, -0.15) is 0 Å². The van der Waals surface area contributed by atoms with Crippen molar-refractivity contribution in [2.45, 2.75) is 37.7 Å². The highest BCUT2D eigenvalue weighted by Crippen LogP contribution is 2.46. The molecule has 0 aliphatic heterocycles. The van der Waals surface area contributed by atoms with Gasteiger partial charge in [-0.3, -0.25) is 4.40 Å². The Morgan fingerprint density at radius 1 is 1.53 bits per heavy atom. The summed E-state index contributed by atoms with van der Waals surface area (Å²) in [4.78, 5) is 8.43. The van der Waals surface area contributed by atoms with Gasteiger partial charge in [-0.15, -0.1) is 0 Å². The molecule has 0 aromatic carbocycles. The van der Waals surface area contributed by atoms with E-state index in [4.69, 9.17) is 11.6 Å². The van der Waals surface area contributed by atoms with Crippen LogP contribution in [0, 0.1) is 0 Å². The normalized spacial score (nSPS) is 28.3. The van der Waals surface area contributed by atoms with Gasteiger partial charge in [-0.1, -0.05) is 18.5 Å². The SMILES string of the molecule is CCC1(O)CC(c2ncc3c(Cl)nccn23)C1. The first kappa shape index (κ1) is 11.0. The van der Waals surface area contributed by atoms with E-state index >= 15 is 0 Å². The molecule has 4 nitrogen and oxygen atoms in total. The van der Waals surface area contributed by atoms with Gasteiger partial charge in [0.05, 0.1) is 11.8 Å². The maximum Gasteiger partial charge on any atom is 0.154 e. The van der Waals surface area contributed by atoms with Crippen LogP contribution in [0.3, 0.4) is 0 Å². The molecule has 1 aliphatic carbocycles. The molecule has 17 heavy (non-hydrogen) atoms. The molecule has 3 rings (SSSR count). The van der Waals surface area contributed by atoms with Crippen LogP contribution < -0.4 is 0 Å². The minimum atomic E-state index is -0.493. The van der Waals surface area contributed by atoms with Gasteiger partial charge in [0, 0.05) is 18.3 Å². The summed E-state index contributed by atoms with van der Waals surface area (Å²) in [5.41, 5.74) is 0.337. The summed E-state index contributed by atoms with van der Waals surface area (Å²) in [6.45, 7) is 2.01. The molecule has 90 valence electrons. The fourth-order valence-corrected chi connectivity index (χ4v) is 2.74. The topological polar surface area (TPSA) is 50.4 Å². The van der Waals surface area contributed by atoms with Crippen molar-refractivity contribution in [3.05, 3.63) is 29.6 Å². The molecule has 0 unspecified atom stereocenters. The molecule has 1 saturated carbocycles. The molecule has 1 aliphatic rings. The van der Waals surface area contributed by atoms with Crippen molar-refractivity contribution in [1.82, 2.24) is 14.4 Å². The Morgan fingerprint density at radius 3 is 3.00 bits per heavy atom. The predicted molar refractivity (Wildman–Crippen MR) is 65.2 cm³/mol. The Bertz CT molecular complexity index is 560. The zero-order valence-electron chi connectivity index (χ0n) is 9.60. The highest BCUT2D eigenvalue weighted by Gasteiger charge is 2.43. The summed E-state index contributed by atoms with van der Waals surface area (Å²) in [6.07, 6.45) is 7.65. The van der Waals surface area contributed by atoms with Crippen molar-refractivity contribution >= 4 is 17.1 Å². The summed E-state index contributed by atoms with van der Waals surface area (Å²) in [5.74, 6) is 1.29. The first-order valence-electron chi connectivity index (χ1n) is 5.83. The predicted octanol–water partition coefficient (Wildman–Crippen LogP) is 2.40. The zero-order chi connectivity index (χ0) is 12.0. The number of fused-ring (bicyclic) bond motifs is 1. The van der Waals surface area contributed by atoms with Crippen molar-refractivity contribution in [1.29, 1.82) is 0 Å². The number of nitrogens with zero attached hydrogens (tertiary/aromatic N) is 3. The lowest BCUT2D eigenvalue weighted by molar-refractivity contribution is -0.0536. The number of imidazole rings is 1. The minimum absolute atomic E-state index is 0.320. The fourth-order valence-electron chi connectivity index (χ4n) is 2.55. The molecule has 2 aromatic heterocycles. The van der Waals surface area contributed by atoms with E-state index < -0.39 is 5.60 Å². The van der Waals surface area contributed by atoms with Crippen LogP contribution in [0.15, 0.2) is 18.6 Å². The van der Waals surface area contributed by atoms with E-state index in [-0.39, 0.29) is 0 Å². The lowest BCUT2D eigenvalue weighted by Crippen LogP contribution is -2.42. The lowest BCUT2D eigenvalue weighted by atomic mass is 9.69. The Hall–Kier alpha value is -1.13. The van der Waals surface area contributed by atoms with E-state index in [0.717, 1.165) is 30.6 Å². The summed E-state index contributed by atoms with van der Waals surface area (Å²) < 4.78 is 1.97. The third-order valence-electron chi connectivity index (χ3n) is 3.72. The number of rotatable bonds is 2. The molecule has 2 heterocycles. The standard InChI is InChI=1S/C12H14ClN3O/c1-2-12(17)5-8(6-12)11-15-7-9-10(13)14-3-4-16(9)11/h3-4,7-8,17H,2,5-6H2,1H3. The van der Waals surface area contributed by atoms with Gasteiger partial charge < -0.3 is 5.11 Å². The molecule has 0 bridgehead atoms. The summed E-state index contributed by atoms with van der Waals surface area (Å²) in [7, 11) is 0. The van der Waals surface area contributed by atoms with Crippen LogP contribution in [0.4, 0.5) is 0 Å². The van der Waals surface area contributed by atoms with Crippen molar-refractivity contribution in [2.75, 3.05) is 0 Å². The number of hydrogen-bond donors (Lipinski definition) is 1. The Morgan fingerprint density at radius 2 is 2.29 bits per heavy atom. The van der Waals surface area contributed by atoms with Crippen molar-refractivity contribution < 1.29 is 5.11 Å². The highest BCUT2D eigenvalue weighted by atomic mass is 35.5. The first-order chi connectivity index (χ1) is 8.13. The molecule has 0 radical (unpaired) electrons. The molecular formula is C12H14ClN3O. The van der Waals surface area contributed by atoms with Crippen molar-refractivity contribution in [2.24, 2.45) is 0 Å². The number of hydrogen-bond acceptors (Lipinski definition) is 3. The molecular weight excluding hydrogens is 238 g/mol. The van der Waals surface area contributed by atoms with Gasteiger partial charge in [-0.25, -0.2) is 9.97 Å². The number of aromatic nitrogens is 3. The molecule has 2 aromatic rings. The average Bonchev–Trinajstić information content (AvgIpc) is 2.70. The smallest absolute Gasteiger partial charge is 0.154 e. The summed E-state index contributed by atoms with van der Waals surface area (Å²) >= 11 is 6.00. The maximum atomic E-state index is 10.0. The second-order valence-corrected chi connectivity index (χ2v) is 5.13. The molecule has 5 heteroatoms. The maximum absolute atomic E-state index is 10.0. The Balaban J connectivity index is 1.96. The van der Waals surface area contributed by atoms with Crippen LogP contribution in [-0.4, -0.2) is 25.1 Å². The van der Waals surface area contributed by atoms with Gasteiger partial charge in [0.25, 0.3) is 0 Å². The Kier molecular flexibility index (Phi) is 2.38. The largest absolute Gasteiger partial charge is 0.390 e. The van der Waals surface area contributed by atoms with Crippen LogP contribution in [0.1, 0.15) is 37.9 Å². The van der Waals surface area contributed by atoms with Gasteiger partial charge in [0.15, 0.2) is 5.15 Å². The van der Waals surface area contributed by atoms with Gasteiger partial charge >= 0.3 is 0 Å². The third-order valence-corrected chi connectivity index (χ3v) is 4.01. The molecule has 1 N–H and O–H groups in total. The van der Waals surface area contributed by atoms with E-state index in [0.29, 0.717) is 11.1 Å². The molecule has 0 saturated heterocycles. The second kappa shape index (κ2) is 3.68. The highest BCUT2D eigenvalue weighted by molar-refractivity contribution is 6.32. The lowest BCUT2D eigenvalue weighted by Gasteiger charge is -2.42. The monoisotopic (exact) mass is 251 g/mol. The van der Waals surface area contributed by atoms with Crippen LogP contribution >= 0.6 is 11.6 Å². The molecule has 1 fully saturated rings. The van der Waals surface area contributed by atoms with Gasteiger partial charge in [0.1, 0.15) is 11.3 Å². The zero-order valence-corrected chi connectivity index (χ0v) is 10.4. The minimum Gasteiger partial charge on any atom is -0.390 e. The summed E-state index contributed by atoms with van der Waals surface area (Å²) in [5, 5.41) is 10.5. The second-order valence-electron chi connectivity index (χ2n) is 4.77. The van der Waals surface area contributed by atoms with Crippen molar-refractivity contribution in [3.63, 3.8) is 0 Å². The van der Waals surface area contributed by atoms with E-state index in [2.05, 4.69) is 9.97 Å². The van der Waals surface area contributed by atoms with Crippen LogP contribution in [0.5, 0.6) is 0 Å². The number of halogens is 1. The average molecular weight is 252 g/mol. The molecule has 0 atom stereocenters. The van der Waals surface area contributed by atoms with Crippen LogP contribution in [0.2, 0.25) is 5.15 Å². The molecule has 0 spiro atoms. The van der Waals surface area contributed by atoms with E-state index in [1.165, 1.54) is 0 Å². The van der Waals surface area contributed by atoms with E-state index in [1.807, 2.05) is 17.5 Å². The van der Waals surface area contributed by atoms with E-state index in [1.54, 1.807) is 12.4 Å². The molecule has 0 amide bonds. The van der Waals surface area contributed by atoms with Crippen LogP contribution in [0.25, 0.3) is 5.52 Å². The summed E-state index contributed by atoms with van der Waals surface area (Å²) in [6, 6.07) is 0. The van der Waals surface area contributed by atoms with Gasteiger partial charge in [0.2, 0.25) is 0 Å². The first-order valence-corrected chi connectivity index (χ1v) is 6.20. The third kappa shape index (κ3) is 1.63. The van der Waals surface area contributed by atoms with Crippen molar-refractivity contribution in [3.8, 4) is 0 Å². The van der Waals surface area contributed by atoms with E-state index in [9.17, 15) is 5.11 Å².